The van der Waals surface area contributed by atoms with Crippen LogP contribution in [-0.4, -0.2) is 41.2 Å². The monoisotopic (exact) mass is 288 g/mol. The lowest BCUT2D eigenvalue weighted by molar-refractivity contribution is -0.144. The topological polar surface area (TPSA) is 40.6 Å². The summed E-state index contributed by atoms with van der Waals surface area (Å²) in [6, 6.07) is 9.65. The molecule has 1 aliphatic rings. The fourth-order valence-corrected chi connectivity index (χ4v) is 2.91. The number of carbonyl (C=O) groups is 2. The second kappa shape index (κ2) is 6.74. The van der Waals surface area contributed by atoms with Crippen molar-refractivity contribution in [2.24, 2.45) is 0 Å². The predicted octanol–water partition coefficient (Wildman–Crippen LogP) is 2.61. The van der Waals surface area contributed by atoms with Gasteiger partial charge in [-0.2, -0.15) is 0 Å². The number of nitrogens with zero attached hydrogens (tertiary/aromatic N) is 2. The average Bonchev–Trinajstić information content (AvgIpc) is 2.93. The number of amides is 2. The first-order valence-corrected chi connectivity index (χ1v) is 7.67. The Bertz CT molecular complexity index is 501. The van der Waals surface area contributed by atoms with E-state index in [1.807, 2.05) is 51.2 Å². The molecule has 1 heterocycles. The standard InChI is InChI=1S/C17H24N2O2/c1-4-15(19-12-8-11-16(19)20)17(21)18(3)13(2)14-9-6-5-7-10-14/h5-7,9-10,13,15H,4,8,11-12H2,1-3H3. The average molecular weight is 288 g/mol. The molecule has 0 aromatic heterocycles. The molecule has 4 heteroatoms. The van der Waals surface area contributed by atoms with Crippen LogP contribution < -0.4 is 0 Å². The van der Waals surface area contributed by atoms with Crippen LogP contribution in [0.1, 0.15) is 44.7 Å². The van der Waals surface area contributed by atoms with Crippen molar-refractivity contribution in [1.82, 2.24) is 9.80 Å². The third-order valence-electron chi connectivity index (χ3n) is 4.37. The van der Waals surface area contributed by atoms with Crippen LogP contribution >= 0.6 is 0 Å². The largest absolute Gasteiger partial charge is 0.337 e. The van der Waals surface area contributed by atoms with Crippen molar-refractivity contribution >= 4 is 11.8 Å². The van der Waals surface area contributed by atoms with Gasteiger partial charge in [-0.05, 0) is 25.3 Å². The molecule has 0 saturated carbocycles. The summed E-state index contributed by atoms with van der Waals surface area (Å²) in [6.07, 6.45) is 2.10. The van der Waals surface area contributed by atoms with E-state index in [9.17, 15) is 9.59 Å². The molecule has 1 aromatic rings. The summed E-state index contributed by atoms with van der Waals surface area (Å²) in [5.41, 5.74) is 1.11. The van der Waals surface area contributed by atoms with Crippen molar-refractivity contribution in [3.63, 3.8) is 0 Å². The molecule has 1 aliphatic heterocycles. The first-order valence-electron chi connectivity index (χ1n) is 7.67. The smallest absolute Gasteiger partial charge is 0.245 e. The summed E-state index contributed by atoms with van der Waals surface area (Å²) < 4.78 is 0. The van der Waals surface area contributed by atoms with Crippen LogP contribution in [0.25, 0.3) is 0 Å². The van der Waals surface area contributed by atoms with Gasteiger partial charge in [0, 0.05) is 20.0 Å². The van der Waals surface area contributed by atoms with Gasteiger partial charge >= 0.3 is 0 Å². The quantitative estimate of drug-likeness (QED) is 0.835. The molecule has 0 N–H and O–H groups in total. The Morgan fingerprint density at radius 3 is 2.52 bits per heavy atom. The number of hydrogen-bond donors (Lipinski definition) is 0. The van der Waals surface area contributed by atoms with Crippen LogP contribution in [-0.2, 0) is 9.59 Å². The molecule has 1 fully saturated rings. The summed E-state index contributed by atoms with van der Waals surface area (Å²) in [5, 5.41) is 0. The van der Waals surface area contributed by atoms with Gasteiger partial charge in [0.25, 0.3) is 0 Å². The number of carbonyl (C=O) groups excluding carboxylic acids is 2. The minimum atomic E-state index is -0.323. The lowest BCUT2D eigenvalue weighted by atomic mass is 10.1. The van der Waals surface area contributed by atoms with Crippen molar-refractivity contribution in [1.29, 1.82) is 0 Å². The summed E-state index contributed by atoms with van der Waals surface area (Å²) in [6.45, 7) is 4.69. The number of benzene rings is 1. The molecule has 0 radical (unpaired) electrons. The Balaban J connectivity index is 2.11. The maximum absolute atomic E-state index is 12.8. The Labute approximate surface area is 126 Å². The van der Waals surface area contributed by atoms with Gasteiger partial charge in [0.15, 0.2) is 0 Å². The molecule has 21 heavy (non-hydrogen) atoms. The fraction of sp³-hybridized carbons (Fsp3) is 0.529. The van der Waals surface area contributed by atoms with E-state index >= 15 is 0 Å². The van der Waals surface area contributed by atoms with Crippen molar-refractivity contribution < 1.29 is 9.59 Å². The van der Waals surface area contributed by atoms with Crippen LogP contribution in [0.3, 0.4) is 0 Å². The van der Waals surface area contributed by atoms with Crippen molar-refractivity contribution in [2.75, 3.05) is 13.6 Å². The van der Waals surface area contributed by atoms with Crippen LogP contribution in [0, 0.1) is 0 Å². The summed E-state index contributed by atoms with van der Waals surface area (Å²) in [5.74, 6) is 0.139. The Hall–Kier alpha value is -1.84. The summed E-state index contributed by atoms with van der Waals surface area (Å²) in [7, 11) is 1.82. The molecule has 2 unspecified atom stereocenters. The highest BCUT2D eigenvalue weighted by Crippen LogP contribution is 2.23. The lowest BCUT2D eigenvalue weighted by Crippen LogP contribution is -2.48. The van der Waals surface area contributed by atoms with E-state index in [1.54, 1.807) is 9.80 Å². The number of likely N-dealkylation sites (tertiary alicyclic amines) is 1. The van der Waals surface area contributed by atoms with E-state index in [-0.39, 0.29) is 23.9 Å². The number of hydrogen-bond acceptors (Lipinski definition) is 2. The first-order chi connectivity index (χ1) is 10.1. The van der Waals surface area contributed by atoms with Gasteiger partial charge in [-0.25, -0.2) is 0 Å². The Morgan fingerprint density at radius 1 is 1.33 bits per heavy atom. The summed E-state index contributed by atoms with van der Waals surface area (Å²) >= 11 is 0. The molecule has 2 atom stereocenters. The van der Waals surface area contributed by atoms with E-state index in [0.29, 0.717) is 19.4 Å². The molecule has 0 bridgehead atoms. The molecular formula is C17H24N2O2. The van der Waals surface area contributed by atoms with Crippen LogP contribution in [0.2, 0.25) is 0 Å². The normalized spacial score (nSPS) is 17.7. The van der Waals surface area contributed by atoms with Gasteiger partial charge in [-0.3, -0.25) is 9.59 Å². The second-order valence-electron chi connectivity index (χ2n) is 5.65. The third kappa shape index (κ3) is 3.26. The highest BCUT2D eigenvalue weighted by Gasteiger charge is 2.34. The van der Waals surface area contributed by atoms with Gasteiger partial charge in [0.2, 0.25) is 11.8 Å². The van der Waals surface area contributed by atoms with Gasteiger partial charge in [0.1, 0.15) is 6.04 Å². The number of rotatable bonds is 5. The molecule has 1 saturated heterocycles. The molecule has 2 rings (SSSR count). The van der Waals surface area contributed by atoms with Crippen LogP contribution in [0.15, 0.2) is 30.3 Å². The van der Waals surface area contributed by atoms with Gasteiger partial charge < -0.3 is 9.80 Å². The lowest BCUT2D eigenvalue weighted by Gasteiger charge is -2.33. The zero-order valence-corrected chi connectivity index (χ0v) is 13.1. The second-order valence-corrected chi connectivity index (χ2v) is 5.65. The minimum Gasteiger partial charge on any atom is -0.337 e. The SMILES string of the molecule is CCC(C(=O)N(C)C(C)c1ccccc1)N1CCCC1=O. The van der Waals surface area contributed by atoms with Crippen molar-refractivity contribution in [3.05, 3.63) is 35.9 Å². The maximum atomic E-state index is 12.8. The molecule has 2 amide bonds. The molecule has 4 nitrogen and oxygen atoms in total. The summed E-state index contributed by atoms with van der Waals surface area (Å²) in [4.78, 5) is 28.2. The van der Waals surface area contributed by atoms with E-state index in [2.05, 4.69) is 0 Å². The van der Waals surface area contributed by atoms with Gasteiger partial charge in [-0.15, -0.1) is 0 Å². The zero-order valence-electron chi connectivity index (χ0n) is 13.1. The molecule has 114 valence electrons. The van der Waals surface area contributed by atoms with Crippen molar-refractivity contribution in [2.45, 2.75) is 45.2 Å². The highest BCUT2D eigenvalue weighted by molar-refractivity contribution is 5.88. The molecule has 0 aliphatic carbocycles. The Kier molecular flexibility index (Phi) is 4.99. The van der Waals surface area contributed by atoms with E-state index < -0.39 is 0 Å². The third-order valence-corrected chi connectivity index (χ3v) is 4.37. The van der Waals surface area contributed by atoms with E-state index in [1.165, 1.54) is 0 Å². The Morgan fingerprint density at radius 2 is 2.00 bits per heavy atom. The zero-order chi connectivity index (χ0) is 15.4. The van der Waals surface area contributed by atoms with E-state index in [4.69, 9.17) is 0 Å². The van der Waals surface area contributed by atoms with Crippen LogP contribution in [0.5, 0.6) is 0 Å². The molecule has 1 aromatic carbocycles. The highest BCUT2D eigenvalue weighted by atomic mass is 16.2. The van der Waals surface area contributed by atoms with Gasteiger partial charge in [0.05, 0.1) is 6.04 Å². The van der Waals surface area contributed by atoms with Crippen LogP contribution in [0.4, 0.5) is 0 Å². The minimum absolute atomic E-state index is 0.00505. The molecular weight excluding hydrogens is 264 g/mol. The van der Waals surface area contributed by atoms with Crippen molar-refractivity contribution in [3.8, 4) is 0 Å². The predicted molar refractivity (Wildman–Crippen MR) is 82.7 cm³/mol. The first kappa shape index (κ1) is 15.5. The van der Waals surface area contributed by atoms with Gasteiger partial charge in [-0.1, -0.05) is 37.3 Å². The van der Waals surface area contributed by atoms with E-state index in [0.717, 1.165) is 12.0 Å². The number of likely N-dealkylation sites (N-methyl/N-ethyl adjacent to an activating group) is 1. The molecule has 0 spiro atoms. The maximum Gasteiger partial charge on any atom is 0.245 e. The fourth-order valence-electron chi connectivity index (χ4n) is 2.91.